The number of thioether (sulfide) groups is 1. The zero-order chi connectivity index (χ0) is 18.9. The van der Waals surface area contributed by atoms with Crippen molar-refractivity contribution in [3.63, 3.8) is 0 Å². The van der Waals surface area contributed by atoms with E-state index in [1.54, 1.807) is 25.1 Å². The molecule has 1 heterocycles. The summed E-state index contributed by atoms with van der Waals surface area (Å²) in [6.07, 6.45) is 1.80. The third-order valence-electron chi connectivity index (χ3n) is 3.73. The predicted molar refractivity (Wildman–Crippen MR) is 106 cm³/mol. The minimum Gasteiger partial charge on any atom is -0.497 e. The number of amides is 1. The zero-order valence-electron chi connectivity index (χ0n) is 15.0. The van der Waals surface area contributed by atoms with Gasteiger partial charge in [0.1, 0.15) is 11.5 Å². The van der Waals surface area contributed by atoms with Gasteiger partial charge in [-0.25, -0.2) is 4.98 Å². The van der Waals surface area contributed by atoms with E-state index in [-0.39, 0.29) is 12.5 Å². The molecule has 0 saturated heterocycles. The van der Waals surface area contributed by atoms with Gasteiger partial charge in [-0.15, -0.1) is 0 Å². The number of rotatable bonds is 9. The monoisotopic (exact) mass is 383 g/mol. The topological polar surface area (TPSA) is 76.2 Å². The summed E-state index contributed by atoms with van der Waals surface area (Å²) < 4.78 is 10.6. The second-order valence-electron chi connectivity index (χ2n) is 5.63. The van der Waals surface area contributed by atoms with Gasteiger partial charge in [0.15, 0.2) is 11.8 Å². The highest BCUT2D eigenvalue weighted by Crippen LogP contribution is 2.23. The number of aromatic amines is 1. The SMILES string of the molecule is COc1ccc(-c2cnc(SCCNC(=O)COc3ccccc3)[nH]2)cc1. The number of benzene rings is 2. The van der Waals surface area contributed by atoms with Crippen molar-refractivity contribution in [3.8, 4) is 22.8 Å². The van der Waals surface area contributed by atoms with E-state index in [1.165, 1.54) is 0 Å². The Labute approximate surface area is 162 Å². The lowest BCUT2D eigenvalue weighted by atomic mass is 10.2. The van der Waals surface area contributed by atoms with Gasteiger partial charge >= 0.3 is 0 Å². The minimum absolute atomic E-state index is 0.0110. The molecule has 3 aromatic rings. The van der Waals surface area contributed by atoms with E-state index in [4.69, 9.17) is 9.47 Å². The highest BCUT2D eigenvalue weighted by molar-refractivity contribution is 7.99. The molecule has 7 heteroatoms. The van der Waals surface area contributed by atoms with E-state index >= 15 is 0 Å². The smallest absolute Gasteiger partial charge is 0.257 e. The summed E-state index contributed by atoms with van der Waals surface area (Å²) in [5.41, 5.74) is 1.99. The van der Waals surface area contributed by atoms with Gasteiger partial charge in [-0.05, 0) is 42.0 Å². The van der Waals surface area contributed by atoms with Crippen LogP contribution >= 0.6 is 11.8 Å². The molecule has 0 aliphatic carbocycles. The van der Waals surface area contributed by atoms with Crippen LogP contribution < -0.4 is 14.8 Å². The summed E-state index contributed by atoms with van der Waals surface area (Å²) in [5, 5.41) is 3.65. The quantitative estimate of drug-likeness (QED) is 0.438. The highest BCUT2D eigenvalue weighted by Gasteiger charge is 2.06. The normalized spacial score (nSPS) is 10.4. The number of aromatic nitrogens is 2. The first kappa shape index (κ1) is 18.8. The third kappa shape index (κ3) is 5.79. The van der Waals surface area contributed by atoms with Crippen molar-refractivity contribution in [2.75, 3.05) is 26.0 Å². The molecular formula is C20H21N3O3S. The number of hydrogen-bond acceptors (Lipinski definition) is 5. The first-order chi connectivity index (χ1) is 13.2. The average Bonchev–Trinajstić information content (AvgIpc) is 3.19. The Morgan fingerprint density at radius 1 is 1.11 bits per heavy atom. The van der Waals surface area contributed by atoms with Crippen molar-refractivity contribution in [3.05, 3.63) is 60.8 Å². The Hall–Kier alpha value is -2.93. The van der Waals surface area contributed by atoms with Crippen molar-refractivity contribution < 1.29 is 14.3 Å². The molecule has 1 aromatic heterocycles. The third-order valence-corrected chi connectivity index (χ3v) is 4.62. The summed E-state index contributed by atoms with van der Waals surface area (Å²) in [4.78, 5) is 19.4. The molecule has 0 bridgehead atoms. The fourth-order valence-electron chi connectivity index (χ4n) is 2.35. The predicted octanol–water partition coefficient (Wildman–Crippen LogP) is 3.37. The summed E-state index contributed by atoms with van der Waals surface area (Å²) in [5.74, 6) is 2.08. The molecule has 0 atom stereocenters. The van der Waals surface area contributed by atoms with E-state index in [0.717, 1.165) is 22.2 Å². The van der Waals surface area contributed by atoms with Crippen LogP contribution in [-0.4, -0.2) is 41.9 Å². The molecule has 0 radical (unpaired) electrons. The number of carbonyl (C=O) groups is 1. The molecule has 3 rings (SSSR count). The van der Waals surface area contributed by atoms with E-state index in [2.05, 4.69) is 15.3 Å². The number of nitrogens with zero attached hydrogens (tertiary/aromatic N) is 1. The maximum Gasteiger partial charge on any atom is 0.257 e. The largest absolute Gasteiger partial charge is 0.497 e. The van der Waals surface area contributed by atoms with Crippen LogP contribution in [0.25, 0.3) is 11.3 Å². The summed E-state index contributed by atoms with van der Waals surface area (Å²) >= 11 is 1.55. The van der Waals surface area contributed by atoms with E-state index < -0.39 is 0 Å². The molecule has 0 fully saturated rings. The van der Waals surface area contributed by atoms with E-state index in [9.17, 15) is 4.79 Å². The van der Waals surface area contributed by atoms with Gasteiger partial charge < -0.3 is 19.8 Å². The first-order valence-electron chi connectivity index (χ1n) is 8.51. The molecule has 2 N–H and O–H groups in total. The highest BCUT2D eigenvalue weighted by atomic mass is 32.2. The molecular weight excluding hydrogens is 362 g/mol. The van der Waals surface area contributed by atoms with Crippen LogP contribution in [0.4, 0.5) is 0 Å². The van der Waals surface area contributed by atoms with Gasteiger partial charge in [-0.2, -0.15) is 0 Å². The zero-order valence-corrected chi connectivity index (χ0v) is 15.8. The van der Waals surface area contributed by atoms with Gasteiger partial charge in [0.05, 0.1) is 19.0 Å². The number of para-hydroxylation sites is 1. The van der Waals surface area contributed by atoms with Crippen LogP contribution in [0.2, 0.25) is 0 Å². The van der Waals surface area contributed by atoms with Crippen molar-refractivity contribution in [1.82, 2.24) is 15.3 Å². The lowest BCUT2D eigenvalue weighted by Crippen LogP contribution is -2.30. The van der Waals surface area contributed by atoms with Gasteiger partial charge in [0, 0.05) is 12.3 Å². The van der Waals surface area contributed by atoms with Crippen molar-refractivity contribution >= 4 is 17.7 Å². The molecule has 0 aliphatic heterocycles. The second kappa shape index (κ2) is 9.68. The number of ether oxygens (including phenoxy) is 2. The molecule has 2 aromatic carbocycles. The molecule has 0 saturated carbocycles. The van der Waals surface area contributed by atoms with Gasteiger partial charge in [-0.1, -0.05) is 30.0 Å². The van der Waals surface area contributed by atoms with Crippen LogP contribution in [0.5, 0.6) is 11.5 Å². The Balaban J connectivity index is 1.38. The summed E-state index contributed by atoms with van der Waals surface area (Å²) in [6.45, 7) is 0.553. The Morgan fingerprint density at radius 3 is 2.63 bits per heavy atom. The summed E-state index contributed by atoms with van der Waals surface area (Å²) in [7, 11) is 1.65. The maximum absolute atomic E-state index is 11.8. The van der Waals surface area contributed by atoms with Gasteiger partial charge in [0.25, 0.3) is 5.91 Å². The standard InChI is InChI=1S/C20H21N3O3S/c1-25-16-9-7-15(8-10-16)18-13-22-20(23-18)27-12-11-21-19(24)14-26-17-5-3-2-4-6-17/h2-10,13H,11-12,14H2,1H3,(H,21,24)(H,22,23). The Bertz CT molecular complexity index is 850. The van der Waals surface area contributed by atoms with Crippen LogP contribution in [0.15, 0.2) is 66.0 Å². The Kier molecular flexibility index (Phi) is 6.76. The fourth-order valence-corrected chi connectivity index (χ4v) is 3.06. The van der Waals surface area contributed by atoms with Crippen LogP contribution in [0.1, 0.15) is 0 Å². The molecule has 140 valence electrons. The second-order valence-corrected chi connectivity index (χ2v) is 6.71. The molecule has 6 nitrogen and oxygen atoms in total. The lowest BCUT2D eigenvalue weighted by Gasteiger charge is -2.06. The molecule has 0 spiro atoms. The van der Waals surface area contributed by atoms with Crippen molar-refractivity contribution in [2.24, 2.45) is 0 Å². The van der Waals surface area contributed by atoms with Gasteiger partial charge in [0.2, 0.25) is 0 Å². The number of nitrogens with one attached hydrogen (secondary N) is 2. The minimum atomic E-state index is -0.141. The van der Waals surface area contributed by atoms with Crippen LogP contribution in [0.3, 0.4) is 0 Å². The fraction of sp³-hybridized carbons (Fsp3) is 0.200. The van der Waals surface area contributed by atoms with Crippen LogP contribution in [0, 0.1) is 0 Å². The van der Waals surface area contributed by atoms with E-state index in [1.807, 2.05) is 54.6 Å². The Morgan fingerprint density at radius 2 is 1.89 bits per heavy atom. The number of carbonyl (C=O) groups excluding carboxylic acids is 1. The molecule has 0 aliphatic rings. The average molecular weight is 383 g/mol. The maximum atomic E-state index is 11.8. The van der Waals surface area contributed by atoms with E-state index in [0.29, 0.717) is 18.0 Å². The number of hydrogen-bond donors (Lipinski definition) is 2. The van der Waals surface area contributed by atoms with Crippen LogP contribution in [-0.2, 0) is 4.79 Å². The van der Waals surface area contributed by atoms with Crippen molar-refractivity contribution in [2.45, 2.75) is 5.16 Å². The van der Waals surface area contributed by atoms with Gasteiger partial charge in [-0.3, -0.25) is 4.79 Å². The molecule has 0 unspecified atom stereocenters. The molecule has 27 heavy (non-hydrogen) atoms. The first-order valence-corrected chi connectivity index (χ1v) is 9.50. The number of imidazole rings is 1. The van der Waals surface area contributed by atoms with Crippen molar-refractivity contribution in [1.29, 1.82) is 0 Å². The number of methoxy groups -OCH3 is 1. The number of H-pyrrole nitrogens is 1. The summed E-state index contributed by atoms with van der Waals surface area (Å²) in [6, 6.07) is 17.1. The lowest BCUT2D eigenvalue weighted by molar-refractivity contribution is -0.122. The molecule has 1 amide bonds.